The molecule has 1 fully saturated rings. The number of rotatable bonds is 2. The highest BCUT2D eigenvalue weighted by molar-refractivity contribution is 9.10. The Kier molecular flexibility index (Phi) is 3.85. The van der Waals surface area contributed by atoms with Crippen molar-refractivity contribution in [3.63, 3.8) is 0 Å². The third-order valence-corrected chi connectivity index (χ3v) is 4.02. The zero-order valence-corrected chi connectivity index (χ0v) is 11.3. The second-order valence-electron chi connectivity index (χ2n) is 4.59. The van der Waals surface area contributed by atoms with Crippen LogP contribution in [0.25, 0.3) is 0 Å². The smallest absolute Gasteiger partial charge is 0.129 e. The summed E-state index contributed by atoms with van der Waals surface area (Å²) >= 11 is 3.31. The van der Waals surface area contributed by atoms with E-state index in [9.17, 15) is 9.50 Å². The van der Waals surface area contributed by atoms with E-state index in [1.165, 1.54) is 6.07 Å². The first-order valence-electron chi connectivity index (χ1n) is 5.76. The highest BCUT2D eigenvalue weighted by Gasteiger charge is 2.36. The zero-order chi connectivity index (χ0) is 12.5. The number of hydrogen-bond donors (Lipinski definition) is 1. The van der Waals surface area contributed by atoms with Crippen LogP contribution < -0.4 is 0 Å². The minimum Gasteiger partial charge on any atom is -0.385 e. The molecule has 0 heterocycles. The molecule has 0 unspecified atom stereocenters. The molecule has 0 spiro atoms. The largest absolute Gasteiger partial charge is 0.385 e. The molecule has 0 aliphatic heterocycles. The van der Waals surface area contributed by atoms with Gasteiger partial charge >= 0.3 is 0 Å². The summed E-state index contributed by atoms with van der Waals surface area (Å²) in [5, 5.41) is 10.5. The summed E-state index contributed by atoms with van der Waals surface area (Å²) < 4.78 is 19.8. The Balaban J connectivity index is 2.24. The fourth-order valence-electron chi connectivity index (χ4n) is 2.43. The summed E-state index contributed by atoms with van der Waals surface area (Å²) in [6.45, 7) is 0. The van der Waals surface area contributed by atoms with Crippen LogP contribution in [-0.2, 0) is 10.3 Å². The van der Waals surface area contributed by atoms with Crippen LogP contribution in [0, 0.1) is 5.82 Å². The molecule has 1 aromatic rings. The van der Waals surface area contributed by atoms with Gasteiger partial charge in [0.1, 0.15) is 5.82 Å². The maximum absolute atomic E-state index is 13.8. The van der Waals surface area contributed by atoms with Gasteiger partial charge in [0.15, 0.2) is 0 Å². The molecule has 1 aliphatic carbocycles. The van der Waals surface area contributed by atoms with Crippen molar-refractivity contribution in [1.29, 1.82) is 0 Å². The fourth-order valence-corrected chi connectivity index (χ4v) is 2.79. The molecule has 0 bridgehead atoms. The van der Waals surface area contributed by atoms with Crippen LogP contribution >= 0.6 is 15.9 Å². The lowest BCUT2D eigenvalue weighted by Gasteiger charge is -2.36. The molecule has 1 saturated carbocycles. The Bertz CT molecular complexity index is 400. The second-order valence-corrected chi connectivity index (χ2v) is 5.51. The summed E-state index contributed by atoms with van der Waals surface area (Å²) in [5.41, 5.74) is -0.662. The first-order chi connectivity index (χ1) is 8.05. The van der Waals surface area contributed by atoms with E-state index in [0.717, 1.165) is 17.3 Å². The quantitative estimate of drug-likeness (QED) is 0.908. The second kappa shape index (κ2) is 5.04. The molecule has 1 N–H and O–H groups in total. The molecule has 2 nitrogen and oxygen atoms in total. The van der Waals surface area contributed by atoms with E-state index in [1.54, 1.807) is 19.2 Å². The molecular weight excluding hydrogens is 287 g/mol. The maximum atomic E-state index is 13.8. The predicted molar refractivity (Wildman–Crippen MR) is 67.3 cm³/mol. The molecule has 0 amide bonds. The van der Waals surface area contributed by atoms with Gasteiger partial charge in [-0.25, -0.2) is 4.39 Å². The Morgan fingerprint density at radius 2 is 2.06 bits per heavy atom. The monoisotopic (exact) mass is 302 g/mol. The average Bonchev–Trinajstić information content (AvgIpc) is 2.33. The van der Waals surface area contributed by atoms with E-state index in [-0.39, 0.29) is 11.9 Å². The van der Waals surface area contributed by atoms with E-state index in [4.69, 9.17) is 4.74 Å². The van der Waals surface area contributed by atoms with E-state index < -0.39 is 5.60 Å². The first kappa shape index (κ1) is 13.0. The Morgan fingerprint density at radius 3 is 2.65 bits per heavy atom. The number of aliphatic hydroxyl groups is 1. The molecule has 4 heteroatoms. The molecule has 1 aliphatic rings. The van der Waals surface area contributed by atoms with Gasteiger partial charge in [-0.1, -0.05) is 15.9 Å². The summed E-state index contributed by atoms with van der Waals surface area (Å²) in [6, 6.07) is 4.70. The summed E-state index contributed by atoms with van der Waals surface area (Å²) in [6.07, 6.45) is 2.79. The number of methoxy groups -OCH3 is 1. The molecule has 94 valence electrons. The third kappa shape index (κ3) is 2.69. The van der Waals surface area contributed by atoms with Crippen LogP contribution in [0.1, 0.15) is 31.2 Å². The van der Waals surface area contributed by atoms with Crippen molar-refractivity contribution >= 4 is 15.9 Å². The van der Waals surface area contributed by atoms with Gasteiger partial charge in [0.05, 0.1) is 11.7 Å². The van der Waals surface area contributed by atoms with Crippen LogP contribution in [0.5, 0.6) is 0 Å². The van der Waals surface area contributed by atoms with Gasteiger partial charge in [-0.15, -0.1) is 0 Å². The van der Waals surface area contributed by atoms with Gasteiger partial charge in [0.2, 0.25) is 0 Å². The van der Waals surface area contributed by atoms with E-state index in [1.807, 2.05) is 0 Å². The highest BCUT2D eigenvalue weighted by Crippen LogP contribution is 2.39. The van der Waals surface area contributed by atoms with Crippen LogP contribution in [0.3, 0.4) is 0 Å². The lowest BCUT2D eigenvalue weighted by molar-refractivity contribution is -0.0494. The van der Waals surface area contributed by atoms with E-state index in [2.05, 4.69) is 15.9 Å². The van der Waals surface area contributed by atoms with Crippen LogP contribution in [-0.4, -0.2) is 18.3 Å². The predicted octanol–water partition coefficient (Wildman–Crippen LogP) is 3.36. The van der Waals surface area contributed by atoms with Gasteiger partial charge in [-0.3, -0.25) is 0 Å². The average molecular weight is 303 g/mol. The standard InChI is InChI=1S/C13H16BrFO2/c1-17-10-4-6-13(16,7-5-10)11-8-9(14)2-3-12(11)15/h2-3,8,10,16H,4-7H2,1H3. The third-order valence-electron chi connectivity index (χ3n) is 3.52. The maximum Gasteiger partial charge on any atom is 0.129 e. The molecule has 2 rings (SSSR count). The molecule has 17 heavy (non-hydrogen) atoms. The fraction of sp³-hybridized carbons (Fsp3) is 0.538. The van der Waals surface area contributed by atoms with Gasteiger partial charge in [0, 0.05) is 17.1 Å². The van der Waals surface area contributed by atoms with Crippen molar-refractivity contribution in [1.82, 2.24) is 0 Å². The van der Waals surface area contributed by atoms with Crippen molar-refractivity contribution in [3.8, 4) is 0 Å². The summed E-state index contributed by atoms with van der Waals surface area (Å²) in [5.74, 6) is -0.341. The lowest BCUT2D eigenvalue weighted by atomic mass is 9.78. The highest BCUT2D eigenvalue weighted by atomic mass is 79.9. The molecule has 1 aromatic carbocycles. The van der Waals surface area contributed by atoms with Gasteiger partial charge in [0.25, 0.3) is 0 Å². The van der Waals surface area contributed by atoms with E-state index >= 15 is 0 Å². The van der Waals surface area contributed by atoms with Gasteiger partial charge in [-0.2, -0.15) is 0 Å². The van der Waals surface area contributed by atoms with Gasteiger partial charge < -0.3 is 9.84 Å². The van der Waals surface area contributed by atoms with Crippen molar-refractivity contribution < 1.29 is 14.2 Å². The van der Waals surface area contributed by atoms with Crippen molar-refractivity contribution in [2.45, 2.75) is 37.4 Å². The number of hydrogen-bond acceptors (Lipinski definition) is 2. The molecule has 0 aromatic heterocycles. The summed E-state index contributed by atoms with van der Waals surface area (Å²) in [7, 11) is 1.68. The van der Waals surface area contributed by atoms with Crippen molar-refractivity contribution in [3.05, 3.63) is 34.1 Å². The summed E-state index contributed by atoms with van der Waals surface area (Å²) in [4.78, 5) is 0. The minimum absolute atomic E-state index is 0.186. The normalized spacial score (nSPS) is 29.3. The number of ether oxygens (including phenoxy) is 1. The molecule has 0 saturated heterocycles. The molecule has 0 radical (unpaired) electrons. The minimum atomic E-state index is -1.05. The number of halogens is 2. The number of benzene rings is 1. The van der Waals surface area contributed by atoms with Gasteiger partial charge in [-0.05, 0) is 43.9 Å². The lowest BCUT2D eigenvalue weighted by Crippen LogP contribution is -2.34. The Morgan fingerprint density at radius 1 is 1.41 bits per heavy atom. The van der Waals surface area contributed by atoms with Crippen molar-refractivity contribution in [2.24, 2.45) is 0 Å². The first-order valence-corrected chi connectivity index (χ1v) is 6.55. The van der Waals surface area contributed by atoms with Crippen LogP contribution in [0.4, 0.5) is 4.39 Å². The zero-order valence-electron chi connectivity index (χ0n) is 9.75. The molecular formula is C13H16BrFO2. The molecule has 0 atom stereocenters. The van der Waals surface area contributed by atoms with Crippen LogP contribution in [0.15, 0.2) is 22.7 Å². The Labute approximate surface area is 109 Å². The topological polar surface area (TPSA) is 29.5 Å². The SMILES string of the molecule is COC1CCC(O)(c2cc(Br)ccc2F)CC1. The Hall–Kier alpha value is -0.450. The van der Waals surface area contributed by atoms with Crippen molar-refractivity contribution in [2.75, 3.05) is 7.11 Å². The van der Waals surface area contributed by atoms with Crippen LogP contribution in [0.2, 0.25) is 0 Å². The van der Waals surface area contributed by atoms with E-state index in [0.29, 0.717) is 18.4 Å².